The van der Waals surface area contributed by atoms with E-state index < -0.39 is 11.5 Å². The molecule has 0 aromatic carbocycles. The first-order valence-corrected chi connectivity index (χ1v) is 5.62. The van der Waals surface area contributed by atoms with Gasteiger partial charge in [-0.1, -0.05) is 6.07 Å². The Morgan fingerprint density at radius 2 is 1.88 bits per heavy atom. The Bertz CT molecular complexity index is 382. The lowest BCUT2D eigenvalue weighted by Crippen LogP contribution is -2.43. The molecule has 1 aromatic rings. The zero-order valence-corrected chi connectivity index (χ0v) is 9.75. The van der Waals surface area contributed by atoms with Gasteiger partial charge in [0.1, 0.15) is 0 Å². The fourth-order valence-electron chi connectivity index (χ4n) is 2.15. The number of nitrogens with zero attached hydrogens (tertiary/aromatic N) is 1. The standard InChI is InChI=1S/C12H16F2N2O/c1-17-10-3-2-9(8-16-10)11(15)4-6-12(13,14)7-5-11/h2-3,8H,4-7,15H2,1H3. The van der Waals surface area contributed by atoms with Crippen molar-refractivity contribution in [1.29, 1.82) is 0 Å². The molecule has 1 aliphatic carbocycles. The van der Waals surface area contributed by atoms with Crippen LogP contribution in [0.4, 0.5) is 8.78 Å². The van der Waals surface area contributed by atoms with Gasteiger partial charge in [0.25, 0.3) is 0 Å². The van der Waals surface area contributed by atoms with Gasteiger partial charge in [0.15, 0.2) is 0 Å². The maximum atomic E-state index is 13.1. The predicted molar refractivity (Wildman–Crippen MR) is 60.1 cm³/mol. The van der Waals surface area contributed by atoms with Gasteiger partial charge in [-0.3, -0.25) is 0 Å². The Kier molecular flexibility index (Phi) is 3.03. The number of nitrogens with two attached hydrogens (primary N) is 1. The SMILES string of the molecule is COc1ccc(C2(N)CCC(F)(F)CC2)cn1. The van der Waals surface area contributed by atoms with Crippen molar-refractivity contribution in [3.8, 4) is 5.88 Å². The summed E-state index contributed by atoms with van der Waals surface area (Å²) in [6.45, 7) is 0. The molecule has 1 heterocycles. The quantitative estimate of drug-likeness (QED) is 0.866. The molecule has 1 aliphatic rings. The number of alkyl halides is 2. The van der Waals surface area contributed by atoms with Crippen LogP contribution in [0.1, 0.15) is 31.2 Å². The minimum atomic E-state index is -2.57. The van der Waals surface area contributed by atoms with Gasteiger partial charge in [-0.25, -0.2) is 13.8 Å². The van der Waals surface area contributed by atoms with Crippen LogP contribution < -0.4 is 10.5 Å². The zero-order chi connectivity index (χ0) is 12.5. The van der Waals surface area contributed by atoms with Gasteiger partial charge in [0.2, 0.25) is 11.8 Å². The fourth-order valence-corrected chi connectivity index (χ4v) is 2.15. The lowest BCUT2D eigenvalue weighted by Gasteiger charge is -2.37. The van der Waals surface area contributed by atoms with Crippen molar-refractivity contribution in [2.24, 2.45) is 5.73 Å². The van der Waals surface area contributed by atoms with Crippen molar-refractivity contribution in [3.63, 3.8) is 0 Å². The molecule has 0 atom stereocenters. The third-order valence-electron chi connectivity index (χ3n) is 3.39. The van der Waals surface area contributed by atoms with E-state index in [4.69, 9.17) is 10.5 Å². The molecule has 2 rings (SSSR count). The summed E-state index contributed by atoms with van der Waals surface area (Å²) in [6, 6.07) is 3.51. The normalized spacial score (nSPS) is 22.1. The smallest absolute Gasteiger partial charge is 0.248 e. The first-order valence-electron chi connectivity index (χ1n) is 5.62. The van der Waals surface area contributed by atoms with E-state index in [9.17, 15) is 8.78 Å². The average molecular weight is 242 g/mol. The van der Waals surface area contributed by atoms with E-state index in [1.54, 1.807) is 18.3 Å². The summed E-state index contributed by atoms with van der Waals surface area (Å²) >= 11 is 0. The molecule has 0 spiro atoms. The van der Waals surface area contributed by atoms with Crippen LogP contribution in [0.25, 0.3) is 0 Å². The predicted octanol–water partition coefficient (Wildman–Crippen LogP) is 2.45. The number of aromatic nitrogens is 1. The molecular formula is C12H16F2N2O. The number of halogens is 2. The number of hydrogen-bond acceptors (Lipinski definition) is 3. The molecule has 1 saturated carbocycles. The van der Waals surface area contributed by atoms with Crippen molar-refractivity contribution in [1.82, 2.24) is 4.98 Å². The molecule has 0 aliphatic heterocycles. The molecule has 0 bridgehead atoms. The largest absolute Gasteiger partial charge is 0.481 e. The van der Waals surface area contributed by atoms with Crippen LogP contribution in [-0.4, -0.2) is 18.0 Å². The second-order valence-electron chi connectivity index (χ2n) is 4.60. The maximum absolute atomic E-state index is 13.1. The summed E-state index contributed by atoms with van der Waals surface area (Å²) in [6.07, 6.45) is 1.87. The van der Waals surface area contributed by atoms with Crippen LogP contribution in [0.15, 0.2) is 18.3 Å². The number of ether oxygens (including phenoxy) is 1. The van der Waals surface area contributed by atoms with Crippen LogP contribution >= 0.6 is 0 Å². The molecule has 94 valence electrons. The third kappa shape index (κ3) is 2.54. The number of methoxy groups -OCH3 is 1. The molecule has 5 heteroatoms. The van der Waals surface area contributed by atoms with E-state index in [0.29, 0.717) is 5.88 Å². The molecule has 0 amide bonds. The van der Waals surface area contributed by atoms with Crippen LogP contribution in [0.3, 0.4) is 0 Å². The third-order valence-corrected chi connectivity index (χ3v) is 3.39. The van der Waals surface area contributed by atoms with E-state index in [2.05, 4.69) is 4.98 Å². The summed E-state index contributed by atoms with van der Waals surface area (Å²) in [5.41, 5.74) is 6.30. The van der Waals surface area contributed by atoms with Gasteiger partial charge >= 0.3 is 0 Å². The van der Waals surface area contributed by atoms with Crippen molar-refractivity contribution < 1.29 is 13.5 Å². The van der Waals surface area contributed by atoms with E-state index in [0.717, 1.165) is 5.56 Å². The zero-order valence-electron chi connectivity index (χ0n) is 9.75. The Hall–Kier alpha value is -1.23. The van der Waals surface area contributed by atoms with E-state index >= 15 is 0 Å². The van der Waals surface area contributed by atoms with Gasteiger partial charge < -0.3 is 10.5 Å². The maximum Gasteiger partial charge on any atom is 0.248 e. The van der Waals surface area contributed by atoms with Crippen LogP contribution in [-0.2, 0) is 5.54 Å². The van der Waals surface area contributed by atoms with Crippen molar-refractivity contribution in [2.45, 2.75) is 37.1 Å². The average Bonchev–Trinajstić information content (AvgIpc) is 2.34. The van der Waals surface area contributed by atoms with Gasteiger partial charge in [-0.2, -0.15) is 0 Å². The molecule has 1 aromatic heterocycles. The highest BCUT2D eigenvalue weighted by atomic mass is 19.3. The second kappa shape index (κ2) is 4.22. The topological polar surface area (TPSA) is 48.1 Å². The van der Waals surface area contributed by atoms with Crippen LogP contribution in [0, 0.1) is 0 Å². The molecule has 2 N–H and O–H groups in total. The Morgan fingerprint density at radius 3 is 2.35 bits per heavy atom. The molecule has 0 saturated heterocycles. The lowest BCUT2D eigenvalue weighted by molar-refractivity contribution is -0.0514. The minimum Gasteiger partial charge on any atom is -0.481 e. The highest BCUT2D eigenvalue weighted by molar-refractivity contribution is 5.25. The molecule has 1 fully saturated rings. The van der Waals surface area contributed by atoms with E-state index in [1.165, 1.54) is 7.11 Å². The fraction of sp³-hybridized carbons (Fsp3) is 0.583. The summed E-state index contributed by atoms with van der Waals surface area (Å²) in [4.78, 5) is 4.06. The Labute approximate surface area is 99.0 Å². The van der Waals surface area contributed by atoms with Gasteiger partial charge in [0, 0.05) is 30.6 Å². The van der Waals surface area contributed by atoms with E-state index in [1.807, 2.05) is 0 Å². The van der Waals surface area contributed by atoms with Crippen molar-refractivity contribution in [3.05, 3.63) is 23.9 Å². The number of hydrogen-bond donors (Lipinski definition) is 1. The highest BCUT2D eigenvalue weighted by Crippen LogP contribution is 2.42. The molecule has 3 nitrogen and oxygen atoms in total. The van der Waals surface area contributed by atoms with Gasteiger partial charge in [0.05, 0.1) is 7.11 Å². The van der Waals surface area contributed by atoms with Crippen LogP contribution in [0.2, 0.25) is 0 Å². The molecule has 0 radical (unpaired) electrons. The Balaban J connectivity index is 2.15. The highest BCUT2D eigenvalue weighted by Gasteiger charge is 2.42. The van der Waals surface area contributed by atoms with Crippen molar-refractivity contribution >= 4 is 0 Å². The molecule has 17 heavy (non-hydrogen) atoms. The number of rotatable bonds is 2. The molecule has 0 unspecified atom stereocenters. The summed E-state index contributed by atoms with van der Waals surface area (Å²) < 4.78 is 31.1. The second-order valence-corrected chi connectivity index (χ2v) is 4.60. The molecular weight excluding hydrogens is 226 g/mol. The van der Waals surface area contributed by atoms with E-state index in [-0.39, 0.29) is 25.7 Å². The summed E-state index contributed by atoms with van der Waals surface area (Å²) in [7, 11) is 1.53. The Morgan fingerprint density at radius 1 is 1.24 bits per heavy atom. The first-order chi connectivity index (χ1) is 7.95. The first kappa shape index (κ1) is 12.2. The summed E-state index contributed by atoms with van der Waals surface area (Å²) in [5.74, 6) is -2.07. The minimum absolute atomic E-state index is 0.157. The van der Waals surface area contributed by atoms with Crippen LogP contribution in [0.5, 0.6) is 5.88 Å². The number of pyridine rings is 1. The van der Waals surface area contributed by atoms with Crippen molar-refractivity contribution in [2.75, 3.05) is 7.11 Å². The summed E-state index contributed by atoms with van der Waals surface area (Å²) in [5, 5.41) is 0. The van der Waals surface area contributed by atoms with Gasteiger partial charge in [-0.15, -0.1) is 0 Å². The van der Waals surface area contributed by atoms with Gasteiger partial charge in [-0.05, 0) is 18.4 Å². The monoisotopic (exact) mass is 242 g/mol. The lowest BCUT2D eigenvalue weighted by atomic mass is 9.76.